The van der Waals surface area contributed by atoms with Gasteiger partial charge in [0.25, 0.3) is 5.91 Å². The van der Waals surface area contributed by atoms with E-state index < -0.39 is 22.8 Å². The average molecular weight is 350 g/mol. The number of nitro groups is 1. The summed E-state index contributed by atoms with van der Waals surface area (Å²) >= 11 is 6.02. The summed E-state index contributed by atoms with van der Waals surface area (Å²) in [6, 6.07) is 10.1. The minimum Gasteiger partial charge on any atom is -0.473 e. The van der Waals surface area contributed by atoms with E-state index in [1.165, 1.54) is 13.0 Å². The zero-order chi connectivity index (χ0) is 17.7. The number of amides is 1. The molecule has 1 aromatic heterocycles. The van der Waals surface area contributed by atoms with Crippen LogP contribution in [0.15, 0.2) is 36.4 Å². The molecule has 24 heavy (non-hydrogen) atoms. The van der Waals surface area contributed by atoms with Crippen LogP contribution < -0.4 is 10.1 Å². The van der Waals surface area contributed by atoms with Gasteiger partial charge in [-0.15, -0.1) is 0 Å². The molecule has 0 saturated carbocycles. The molecular weight excluding hydrogens is 334 g/mol. The van der Waals surface area contributed by atoms with E-state index in [0.717, 1.165) is 5.56 Å². The van der Waals surface area contributed by atoms with Crippen molar-refractivity contribution >= 4 is 23.3 Å². The number of nitrogens with zero attached hydrogens (tertiary/aromatic N) is 2. The lowest BCUT2D eigenvalue weighted by Gasteiger charge is -2.15. The molecule has 1 atom stereocenters. The summed E-state index contributed by atoms with van der Waals surface area (Å²) in [5.74, 6) is -0.878. The summed E-state index contributed by atoms with van der Waals surface area (Å²) in [5, 5.41) is 14.2. The predicted molar refractivity (Wildman–Crippen MR) is 89.0 cm³/mol. The largest absolute Gasteiger partial charge is 0.473 e. The third kappa shape index (κ3) is 4.42. The molecule has 0 saturated heterocycles. The molecule has 2 aromatic rings. The molecule has 0 fully saturated rings. The Kier molecular flexibility index (Phi) is 5.70. The van der Waals surface area contributed by atoms with E-state index in [1.54, 1.807) is 31.2 Å². The number of rotatable bonds is 6. The first-order valence-electron chi connectivity index (χ1n) is 7.18. The molecule has 1 heterocycles. The lowest BCUT2D eigenvalue weighted by molar-refractivity contribution is -0.390. The van der Waals surface area contributed by atoms with Crippen LogP contribution in [-0.2, 0) is 11.3 Å². The Morgan fingerprint density at radius 2 is 2.08 bits per heavy atom. The molecule has 1 amide bonds. The second kappa shape index (κ2) is 7.74. The molecule has 0 spiro atoms. The van der Waals surface area contributed by atoms with Gasteiger partial charge in [0, 0.05) is 18.5 Å². The van der Waals surface area contributed by atoms with Crippen LogP contribution in [0.25, 0.3) is 0 Å². The van der Waals surface area contributed by atoms with Crippen molar-refractivity contribution in [3.8, 4) is 5.75 Å². The van der Waals surface area contributed by atoms with Gasteiger partial charge in [-0.1, -0.05) is 29.8 Å². The number of carbonyl (C=O) groups is 1. The summed E-state index contributed by atoms with van der Waals surface area (Å²) in [5.41, 5.74) is 1.26. The minimum absolute atomic E-state index is 0.0500. The molecule has 0 aliphatic carbocycles. The summed E-state index contributed by atoms with van der Waals surface area (Å²) in [7, 11) is 0. The highest BCUT2D eigenvalue weighted by Crippen LogP contribution is 2.25. The fourth-order valence-corrected chi connectivity index (χ4v) is 2.17. The zero-order valence-corrected chi connectivity index (χ0v) is 13.9. The third-order valence-electron chi connectivity index (χ3n) is 3.24. The van der Waals surface area contributed by atoms with Gasteiger partial charge in [0.15, 0.2) is 6.10 Å². The summed E-state index contributed by atoms with van der Waals surface area (Å²) < 4.78 is 5.39. The lowest BCUT2D eigenvalue weighted by atomic mass is 10.2. The van der Waals surface area contributed by atoms with E-state index in [9.17, 15) is 14.9 Å². The Hall–Kier alpha value is -2.67. The number of hydrogen-bond donors (Lipinski definition) is 1. The van der Waals surface area contributed by atoms with Gasteiger partial charge in [-0.2, -0.15) is 0 Å². The molecule has 0 aliphatic heterocycles. The van der Waals surface area contributed by atoms with E-state index in [0.29, 0.717) is 10.7 Å². The summed E-state index contributed by atoms with van der Waals surface area (Å²) in [6.45, 7) is 3.38. The van der Waals surface area contributed by atoms with Gasteiger partial charge in [-0.3, -0.25) is 4.79 Å². The number of nitrogens with one attached hydrogen (secondary N) is 1. The van der Waals surface area contributed by atoms with E-state index in [4.69, 9.17) is 16.3 Å². The number of halogens is 1. The second-order valence-corrected chi connectivity index (χ2v) is 5.51. The van der Waals surface area contributed by atoms with Crippen molar-refractivity contribution in [2.24, 2.45) is 0 Å². The molecule has 0 radical (unpaired) electrons. The number of carbonyl (C=O) groups excluding carboxylic acids is 1. The van der Waals surface area contributed by atoms with Crippen LogP contribution in [0.4, 0.5) is 5.82 Å². The standard InChI is InChI=1S/C16H16ClN3O4/c1-10-7-8-14(15(19-10)20(22)23)24-11(2)16(21)18-9-12-5-3-4-6-13(12)17/h3-8,11H,9H2,1-2H3,(H,18,21)/t11-/m0/s1. The smallest absolute Gasteiger partial charge is 0.406 e. The number of ether oxygens (including phenoxy) is 1. The maximum absolute atomic E-state index is 12.1. The first-order valence-corrected chi connectivity index (χ1v) is 7.56. The molecular formula is C16H16ClN3O4. The van der Waals surface area contributed by atoms with Gasteiger partial charge in [-0.25, -0.2) is 0 Å². The Morgan fingerprint density at radius 1 is 1.38 bits per heavy atom. The van der Waals surface area contributed by atoms with Crippen molar-refractivity contribution in [3.63, 3.8) is 0 Å². The molecule has 0 unspecified atom stereocenters. The van der Waals surface area contributed by atoms with Gasteiger partial charge in [-0.05, 0) is 40.6 Å². The Bertz CT molecular complexity index is 767. The van der Waals surface area contributed by atoms with Gasteiger partial charge in [0.2, 0.25) is 5.75 Å². The molecule has 1 aromatic carbocycles. The van der Waals surface area contributed by atoms with Crippen LogP contribution in [0, 0.1) is 17.0 Å². The number of pyridine rings is 1. The number of hydrogen-bond acceptors (Lipinski definition) is 5. The molecule has 1 N–H and O–H groups in total. The summed E-state index contributed by atoms with van der Waals surface area (Å²) in [4.78, 5) is 26.3. The van der Waals surface area contributed by atoms with Crippen LogP contribution in [0.3, 0.4) is 0 Å². The van der Waals surface area contributed by atoms with E-state index >= 15 is 0 Å². The van der Waals surface area contributed by atoms with E-state index in [2.05, 4.69) is 10.3 Å². The molecule has 2 rings (SSSR count). The molecule has 8 heteroatoms. The quantitative estimate of drug-likeness (QED) is 0.639. The Labute approximate surface area is 143 Å². The zero-order valence-electron chi connectivity index (χ0n) is 13.2. The maximum Gasteiger partial charge on any atom is 0.406 e. The summed E-state index contributed by atoms with van der Waals surface area (Å²) in [6.07, 6.45) is -0.921. The molecule has 0 bridgehead atoms. The normalized spacial score (nSPS) is 11.6. The molecule has 126 valence electrons. The van der Waals surface area contributed by atoms with Crippen molar-refractivity contribution in [1.82, 2.24) is 10.3 Å². The van der Waals surface area contributed by atoms with Gasteiger partial charge < -0.3 is 20.2 Å². The van der Waals surface area contributed by atoms with E-state index in [1.807, 2.05) is 6.07 Å². The average Bonchev–Trinajstić information content (AvgIpc) is 2.55. The molecule has 7 nitrogen and oxygen atoms in total. The van der Waals surface area contributed by atoms with Crippen molar-refractivity contribution < 1.29 is 14.5 Å². The van der Waals surface area contributed by atoms with E-state index in [-0.39, 0.29) is 12.3 Å². The first kappa shape index (κ1) is 17.7. The Morgan fingerprint density at radius 3 is 2.75 bits per heavy atom. The van der Waals surface area contributed by atoms with Crippen LogP contribution in [-0.4, -0.2) is 21.9 Å². The van der Waals surface area contributed by atoms with Crippen LogP contribution >= 0.6 is 11.6 Å². The highest BCUT2D eigenvalue weighted by Gasteiger charge is 2.22. The number of benzene rings is 1. The minimum atomic E-state index is -0.921. The third-order valence-corrected chi connectivity index (χ3v) is 3.60. The van der Waals surface area contributed by atoms with Crippen LogP contribution in [0.5, 0.6) is 5.75 Å². The topological polar surface area (TPSA) is 94.4 Å². The highest BCUT2D eigenvalue weighted by atomic mass is 35.5. The monoisotopic (exact) mass is 349 g/mol. The SMILES string of the molecule is Cc1ccc(O[C@@H](C)C(=O)NCc2ccccc2Cl)c([N+](=O)[O-])n1. The predicted octanol–water partition coefficient (Wildman–Crippen LogP) is 3.04. The van der Waals surface area contributed by atoms with Crippen molar-refractivity contribution in [2.75, 3.05) is 0 Å². The van der Waals surface area contributed by atoms with Crippen molar-refractivity contribution in [1.29, 1.82) is 0 Å². The van der Waals surface area contributed by atoms with Crippen molar-refractivity contribution in [2.45, 2.75) is 26.5 Å². The van der Waals surface area contributed by atoms with Crippen molar-refractivity contribution in [3.05, 3.63) is 62.8 Å². The van der Waals surface area contributed by atoms with Gasteiger partial charge in [0.1, 0.15) is 5.69 Å². The van der Waals surface area contributed by atoms with Gasteiger partial charge in [0.05, 0.1) is 0 Å². The number of aryl methyl sites for hydroxylation is 1. The molecule has 0 aliphatic rings. The first-order chi connectivity index (χ1) is 11.4. The Balaban J connectivity index is 2.02. The number of aromatic nitrogens is 1. The lowest BCUT2D eigenvalue weighted by Crippen LogP contribution is -2.36. The van der Waals surface area contributed by atoms with Crippen LogP contribution in [0.1, 0.15) is 18.2 Å². The highest BCUT2D eigenvalue weighted by molar-refractivity contribution is 6.31. The fourth-order valence-electron chi connectivity index (χ4n) is 1.96. The van der Waals surface area contributed by atoms with Gasteiger partial charge >= 0.3 is 5.82 Å². The second-order valence-electron chi connectivity index (χ2n) is 5.10. The maximum atomic E-state index is 12.1. The van der Waals surface area contributed by atoms with Crippen LogP contribution in [0.2, 0.25) is 5.02 Å². The fraction of sp³-hybridized carbons (Fsp3) is 0.250.